The normalized spacial score (nSPS) is 12.1. The van der Waals surface area contributed by atoms with Gasteiger partial charge in [-0.25, -0.2) is 4.79 Å². The number of carbonyl (C=O) groups excluding carboxylic acids is 1. The first kappa shape index (κ1) is 23.2. The minimum Gasteiger partial charge on any atom is -0.345 e. The van der Waals surface area contributed by atoms with Crippen LogP contribution in [-0.4, -0.2) is 21.5 Å². The molecule has 0 aliphatic heterocycles. The minimum atomic E-state index is -0.186. The van der Waals surface area contributed by atoms with Gasteiger partial charge in [0.2, 0.25) is 0 Å². The van der Waals surface area contributed by atoms with E-state index >= 15 is 0 Å². The Hall–Kier alpha value is -2.43. The summed E-state index contributed by atoms with van der Waals surface area (Å²) in [6.45, 7) is 9.66. The molecule has 0 bridgehead atoms. The Labute approximate surface area is 194 Å². The maximum absolute atomic E-state index is 13.3. The number of urea groups is 1. The van der Waals surface area contributed by atoms with Gasteiger partial charge in [-0.05, 0) is 55.7 Å². The van der Waals surface area contributed by atoms with Crippen molar-refractivity contribution in [3.63, 3.8) is 0 Å². The first-order valence-corrected chi connectivity index (χ1v) is 11.2. The zero-order valence-corrected chi connectivity index (χ0v) is 19.9. The number of benzene rings is 2. The first-order chi connectivity index (χ1) is 14.7. The van der Waals surface area contributed by atoms with E-state index in [0.29, 0.717) is 28.2 Å². The van der Waals surface area contributed by atoms with Crippen LogP contribution in [0.25, 0.3) is 0 Å². The molecule has 1 unspecified atom stereocenters. The Kier molecular flexibility index (Phi) is 7.69. The van der Waals surface area contributed by atoms with Crippen LogP contribution in [0.3, 0.4) is 0 Å². The minimum absolute atomic E-state index is 0.0356. The molecule has 0 aliphatic rings. The second-order valence-electron chi connectivity index (χ2n) is 8.28. The van der Waals surface area contributed by atoms with Gasteiger partial charge in [-0.2, -0.15) is 0 Å². The van der Waals surface area contributed by atoms with Crippen LogP contribution in [-0.2, 0) is 13.1 Å². The van der Waals surface area contributed by atoms with Gasteiger partial charge in [0.1, 0.15) is 0 Å². The number of aromatic nitrogens is 1. The van der Waals surface area contributed by atoms with Crippen molar-refractivity contribution < 1.29 is 4.79 Å². The number of halogens is 2. The molecule has 1 N–H and O–H groups in total. The van der Waals surface area contributed by atoms with Gasteiger partial charge < -0.3 is 14.8 Å². The molecular formula is C25H29Cl2N3O. The SMILES string of the molecule is Cc1cccc(Cn2cccc2CN(C(=O)Nc2ccc(Cl)cc2Cl)C(C)C(C)C)c1. The lowest BCUT2D eigenvalue weighted by Gasteiger charge is -2.32. The lowest BCUT2D eigenvalue weighted by atomic mass is 10.0. The van der Waals surface area contributed by atoms with E-state index in [0.717, 1.165) is 12.2 Å². The quantitative estimate of drug-likeness (QED) is 0.398. The van der Waals surface area contributed by atoms with E-state index in [1.165, 1.54) is 11.1 Å². The summed E-state index contributed by atoms with van der Waals surface area (Å²) in [5, 5.41) is 3.90. The largest absolute Gasteiger partial charge is 0.345 e. The highest BCUT2D eigenvalue weighted by atomic mass is 35.5. The van der Waals surface area contributed by atoms with Gasteiger partial charge in [-0.15, -0.1) is 0 Å². The molecule has 164 valence electrons. The van der Waals surface area contributed by atoms with Crippen LogP contribution in [0, 0.1) is 12.8 Å². The van der Waals surface area contributed by atoms with Gasteiger partial charge in [-0.1, -0.05) is 66.9 Å². The molecule has 2 amide bonds. The van der Waals surface area contributed by atoms with E-state index < -0.39 is 0 Å². The van der Waals surface area contributed by atoms with Crippen LogP contribution in [0.5, 0.6) is 0 Å². The van der Waals surface area contributed by atoms with Crippen molar-refractivity contribution >= 4 is 34.9 Å². The Balaban J connectivity index is 1.82. The average Bonchev–Trinajstić information content (AvgIpc) is 3.14. The fourth-order valence-corrected chi connectivity index (χ4v) is 3.92. The van der Waals surface area contributed by atoms with E-state index in [-0.39, 0.29) is 12.1 Å². The van der Waals surface area contributed by atoms with Crippen LogP contribution in [0.15, 0.2) is 60.8 Å². The second kappa shape index (κ2) is 10.3. The Morgan fingerprint density at radius 3 is 2.52 bits per heavy atom. The molecule has 0 fully saturated rings. The predicted molar refractivity (Wildman–Crippen MR) is 130 cm³/mol. The lowest BCUT2D eigenvalue weighted by Crippen LogP contribution is -2.43. The Morgan fingerprint density at radius 2 is 1.84 bits per heavy atom. The second-order valence-corrected chi connectivity index (χ2v) is 9.13. The number of nitrogens with one attached hydrogen (secondary N) is 1. The summed E-state index contributed by atoms with van der Waals surface area (Å²) in [5.41, 5.74) is 4.09. The molecule has 1 heterocycles. The molecule has 2 aromatic carbocycles. The smallest absolute Gasteiger partial charge is 0.322 e. The lowest BCUT2D eigenvalue weighted by molar-refractivity contribution is 0.168. The topological polar surface area (TPSA) is 37.3 Å². The van der Waals surface area contributed by atoms with E-state index in [4.69, 9.17) is 23.2 Å². The highest BCUT2D eigenvalue weighted by Crippen LogP contribution is 2.26. The van der Waals surface area contributed by atoms with Gasteiger partial charge in [0, 0.05) is 29.5 Å². The van der Waals surface area contributed by atoms with E-state index in [9.17, 15) is 4.79 Å². The molecule has 3 aromatic rings. The van der Waals surface area contributed by atoms with Crippen LogP contribution in [0.2, 0.25) is 10.0 Å². The van der Waals surface area contributed by atoms with Crippen molar-refractivity contribution in [3.05, 3.63) is 87.7 Å². The molecular weight excluding hydrogens is 429 g/mol. The molecule has 3 rings (SSSR count). The van der Waals surface area contributed by atoms with E-state index in [1.54, 1.807) is 18.2 Å². The molecule has 0 aliphatic carbocycles. The van der Waals surface area contributed by atoms with Crippen molar-refractivity contribution in [3.8, 4) is 0 Å². The number of carbonyl (C=O) groups is 1. The van der Waals surface area contributed by atoms with Crippen molar-refractivity contribution in [2.45, 2.75) is 46.8 Å². The van der Waals surface area contributed by atoms with Crippen LogP contribution in [0.4, 0.5) is 10.5 Å². The molecule has 4 nitrogen and oxygen atoms in total. The van der Waals surface area contributed by atoms with Gasteiger partial charge in [-0.3, -0.25) is 0 Å². The summed E-state index contributed by atoms with van der Waals surface area (Å²) in [6.07, 6.45) is 2.06. The summed E-state index contributed by atoms with van der Waals surface area (Å²) in [5.74, 6) is 0.298. The van der Waals surface area contributed by atoms with Crippen molar-refractivity contribution in [2.24, 2.45) is 5.92 Å². The monoisotopic (exact) mass is 457 g/mol. The summed E-state index contributed by atoms with van der Waals surface area (Å²) < 4.78 is 2.19. The van der Waals surface area contributed by atoms with Crippen LogP contribution >= 0.6 is 23.2 Å². The number of amides is 2. The maximum Gasteiger partial charge on any atom is 0.322 e. The number of rotatable bonds is 7. The molecule has 6 heteroatoms. The zero-order chi connectivity index (χ0) is 22.5. The van der Waals surface area contributed by atoms with Crippen molar-refractivity contribution in [1.82, 2.24) is 9.47 Å². The molecule has 1 atom stereocenters. The average molecular weight is 458 g/mol. The summed E-state index contributed by atoms with van der Waals surface area (Å²) in [4.78, 5) is 15.1. The first-order valence-electron chi connectivity index (χ1n) is 10.5. The van der Waals surface area contributed by atoms with Crippen molar-refractivity contribution in [2.75, 3.05) is 5.32 Å². The van der Waals surface area contributed by atoms with Crippen molar-refractivity contribution in [1.29, 1.82) is 0 Å². The summed E-state index contributed by atoms with van der Waals surface area (Å²) >= 11 is 12.3. The summed E-state index contributed by atoms with van der Waals surface area (Å²) in [6, 6.07) is 17.5. The van der Waals surface area contributed by atoms with E-state index in [1.807, 2.05) is 11.0 Å². The molecule has 0 spiro atoms. The van der Waals surface area contributed by atoms with Gasteiger partial charge >= 0.3 is 6.03 Å². The number of nitrogens with zero attached hydrogens (tertiary/aromatic N) is 2. The number of aryl methyl sites for hydroxylation is 1. The Morgan fingerprint density at radius 1 is 1.06 bits per heavy atom. The van der Waals surface area contributed by atoms with Gasteiger partial charge in [0.05, 0.1) is 17.3 Å². The zero-order valence-electron chi connectivity index (χ0n) is 18.4. The highest BCUT2D eigenvalue weighted by molar-refractivity contribution is 6.36. The Bertz CT molecular complexity index is 1040. The standard InChI is InChI=1S/C25H29Cl2N3O/c1-17(2)19(4)30(25(31)28-24-11-10-21(26)14-23(24)27)16-22-9-6-12-29(22)15-20-8-5-7-18(3)13-20/h5-14,17,19H,15-16H2,1-4H3,(H,28,31). The number of hydrogen-bond acceptors (Lipinski definition) is 1. The molecule has 31 heavy (non-hydrogen) atoms. The molecule has 1 aromatic heterocycles. The molecule has 0 radical (unpaired) electrons. The number of anilines is 1. The van der Waals surface area contributed by atoms with Crippen LogP contribution in [0.1, 0.15) is 37.6 Å². The fourth-order valence-electron chi connectivity index (χ4n) is 3.47. The van der Waals surface area contributed by atoms with Crippen LogP contribution < -0.4 is 5.32 Å². The molecule has 0 saturated carbocycles. The summed E-state index contributed by atoms with van der Waals surface area (Å²) in [7, 11) is 0. The third-order valence-electron chi connectivity index (χ3n) is 5.58. The third kappa shape index (κ3) is 6.05. The maximum atomic E-state index is 13.3. The van der Waals surface area contributed by atoms with Gasteiger partial charge in [0.15, 0.2) is 0 Å². The third-order valence-corrected chi connectivity index (χ3v) is 6.13. The highest BCUT2D eigenvalue weighted by Gasteiger charge is 2.24. The fraction of sp³-hybridized carbons (Fsp3) is 0.320. The predicted octanol–water partition coefficient (Wildman–Crippen LogP) is 7.23. The van der Waals surface area contributed by atoms with E-state index in [2.05, 4.69) is 74.1 Å². The van der Waals surface area contributed by atoms with Gasteiger partial charge in [0.25, 0.3) is 0 Å². The molecule has 0 saturated heterocycles. The number of hydrogen-bond donors (Lipinski definition) is 1.